The molecule has 0 bridgehead atoms. The number of halogens is 2. The molecule has 0 aliphatic heterocycles. The Kier molecular flexibility index (Phi) is 4.55. The van der Waals surface area contributed by atoms with Gasteiger partial charge in [0.15, 0.2) is 0 Å². The predicted molar refractivity (Wildman–Crippen MR) is 80.1 cm³/mol. The molecule has 2 rings (SSSR count). The summed E-state index contributed by atoms with van der Waals surface area (Å²) >= 11 is 5.94. The zero-order valence-electron chi connectivity index (χ0n) is 11.1. The molecule has 0 aromatic heterocycles. The molecule has 0 aliphatic rings. The first kappa shape index (κ1) is 15.0. The first-order valence-electron chi connectivity index (χ1n) is 6.10. The van der Waals surface area contributed by atoms with E-state index in [1.165, 1.54) is 31.2 Å². The minimum Gasteiger partial charge on any atom is -0.325 e. The average molecular weight is 307 g/mol. The Bertz CT molecular complexity index is 704. The van der Waals surface area contributed by atoms with Crippen molar-refractivity contribution >= 4 is 34.8 Å². The second kappa shape index (κ2) is 6.37. The van der Waals surface area contributed by atoms with Crippen LogP contribution in [0.4, 0.5) is 15.8 Å². The SMILES string of the molecule is CC(=O)Nc1cc(NC(=O)c2cccc(F)c2)ccc1Cl. The topological polar surface area (TPSA) is 58.2 Å². The number of carbonyl (C=O) groups is 2. The molecule has 2 N–H and O–H groups in total. The third-order valence-electron chi connectivity index (χ3n) is 2.62. The van der Waals surface area contributed by atoms with Crippen LogP contribution in [-0.2, 0) is 4.79 Å². The number of anilines is 2. The highest BCUT2D eigenvalue weighted by Crippen LogP contribution is 2.25. The first-order chi connectivity index (χ1) is 9.95. The summed E-state index contributed by atoms with van der Waals surface area (Å²) in [6.07, 6.45) is 0. The van der Waals surface area contributed by atoms with Crippen molar-refractivity contribution < 1.29 is 14.0 Å². The molecule has 0 fully saturated rings. The van der Waals surface area contributed by atoms with Gasteiger partial charge >= 0.3 is 0 Å². The van der Waals surface area contributed by atoms with Crippen molar-refractivity contribution in [2.24, 2.45) is 0 Å². The molecule has 4 nitrogen and oxygen atoms in total. The van der Waals surface area contributed by atoms with E-state index in [1.54, 1.807) is 12.1 Å². The maximum atomic E-state index is 13.1. The van der Waals surface area contributed by atoms with Gasteiger partial charge in [-0.25, -0.2) is 4.39 Å². The summed E-state index contributed by atoms with van der Waals surface area (Å²) in [5.74, 6) is -1.21. The Labute approximate surface area is 125 Å². The van der Waals surface area contributed by atoms with Gasteiger partial charge in [-0.3, -0.25) is 9.59 Å². The molecule has 108 valence electrons. The Balaban J connectivity index is 2.19. The van der Waals surface area contributed by atoms with Gasteiger partial charge in [0.1, 0.15) is 5.82 Å². The molecule has 2 amide bonds. The van der Waals surface area contributed by atoms with Crippen LogP contribution in [-0.4, -0.2) is 11.8 Å². The van der Waals surface area contributed by atoms with Crippen molar-refractivity contribution in [1.29, 1.82) is 0 Å². The largest absolute Gasteiger partial charge is 0.325 e. The minimum atomic E-state index is -0.488. The molecule has 0 radical (unpaired) electrons. The monoisotopic (exact) mass is 306 g/mol. The average Bonchev–Trinajstić information content (AvgIpc) is 2.42. The van der Waals surface area contributed by atoms with Crippen LogP contribution in [0, 0.1) is 5.82 Å². The van der Waals surface area contributed by atoms with E-state index in [4.69, 9.17) is 11.6 Å². The normalized spacial score (nSPS) is 10.0. The lowest BCUT2D eigenvalue weighted by molar-refractivity contribution is -0.114. The van der Waals surface area contributed by atoms with E-state index in [-0.39, 0.29) is 11.5 Å². The smallest absolute Gasteiger partial charge is 0.255 e. The van der Waals surface area contributed by atoms with Crippen LogP contribution in [0.5, 0.6) is 0 Å². The fourth-order valence-corrected chi connectivity index (χ4v) is 1.89. The van der Waals surface area contributed by atoms with E-state index in [1.807, 2.05) is 0 Å². The lowest BCUT2D eigenvalue weighted by Crippen LogP contribution is -2.13. The highest BCUT2D eigenvalue weighted by Gasteiger charge is 2.09. The molecule has 0 unspecified atom stereocenters. The molecular formula is C15H12ClFN2O2. The molecule has 0 aliphatic carbocycles. The summed E-state index contributed by atoms with van der Waals surface area (Å²) < 4.78 is 13.1. The van der Waals surface area contributed by atoms with Gasteiger partial charge in [-0.05, 0) is 36.4 Å². The lowest BCUT2D eigenvalue weighted by Gasteiger charge is -2.09. The van der Waals surface area contributed by atoms with E-state index in [0.29, 0.717) is 16.4 Å². The van der Waals surface area contributed by atoms with Crippen LogP contribution in [0.15, 0.2) is 42.5 Å². The number of benzene rings is 2. The van der Waals surface area contributed by atoms with Crippen LogP contribution in [0.25, 0.3) is 0 Å². The Morgan fingerprint density at radius 2 is 1.86 bits per heavy atom. The molecule has 0 atom stereocenters. The quantitative estimate of drug-likeness (QED) is 0.908. The van der Waals surface area contributed by atoms with Crippen molar-refractivity contribution in [3.05, 3.63) is 58.9 Å². The van der Waals surface area contributed by atoms with Gasteiger partial charge in [-0.1, -0.05) is 17.7 Å². The van der Waals surface area contributed by atoms with Crippen LogP contribution in [0.2, 0.25) is 5.02 Å². The zero-order valence-corrected chi connectivity index (χ0v) is 11.9. The zero-order chi connectivity index (χ0) is 15.4. The summed E-state index contributed by atoms with van der Waals surface area (Å²) in [4.78, 5) is 23.0. The molecule has 21 heavy (non-hydrogen) atoms. The van der Waals surface area contributed by atoms with Gasteiger partial charge in [0, 0.05) is 18.2 Å². The maximum Gasteiger partial charge on any atom is 0.255 e. The second-order valence-electron chi connectivity index (χ2n) is 4.34. The third kappa shape index (κ3) is 4.03. The fraction of sp³-hybridized carbons (Fsp3) is 0.0667. The molecule has 0 saturated heterocycles. The van der Waals surface area contributed by atoms with E-state index in [2.05, 4.69) is 10.6 Å². The van der Waals surface area contributed by atoms with Gasteiger partial charge in [0.05, 0.1) is 10.7 Å². The Hall–Kier alpha value is -2.40. The number of amides is 2. The van der Waals surface area contributed by atoms with E-state index in [0.717, 1.165) is 6.07 Å². The summed E-state index contributed by atoms with van der Waals surface area (Å²) in [7, 11) is 0. The maximum absolute atomic E-state index is 13.1. The van der Waals surface area contributed by atoms with Crippen LogP contribution in [0.1, 0.15) is 17.3 Å². The number of rotatable bonds is 3. The van der Waals surface area contributed by atoms with Gasteiger partial charge in [-0.15, -0.1) is 0 Å². The first-order valence-corrected chi connectivity index (χ1v) is 6.47. The van der Waals surface area contributed by atoms with Crippen LogP contribution >= 0.6 is 11.6 Å². The number of carbonyl (C=O) groups excluding carboxylic acids is 2. The summed E-state index contributed by atoms with van der Waals surface area (Å²) in [6.45, 7) is 1.36. The standard InChI is InChI=1S/C15H12ClFN2O2/c1-9(20)18-14-8-12(5-6-13(14)16)19-15(21)10-3-2-4-11(17)7-10/h2-8H,1H3,(H,18,20)(H,19,21). The summed E-state index contributed by atoms with van der Waals surface area (Å²) in [6, 6.07) is 10.0. The van der Waals surface area contributed by atoms with E-state index in [9.17, 15) is 14.0 Å². The fourth-order valence-electron chi connectivity index (χ4n) is 1.72. The van der Waals surface area contributed by atoms with Crippen molar-refractivity contribution in [1.82, 2.24) is 0 Å². The molecule has 2 aromatic rings. The lowest BCUT2D eigenvalue weighted by atomic mass is 10.2. The van der Waals surface area contributed by atoms with Crippen LogP contribution < -0.4 is 10.6 Å². The van der Waals surface area contributed by atoms with E-state index >= 15 is 0 Å². The molecule has 2 aromatic carbocycles. The number of hydrogen-bond donors (Lipinski definition) is 2. The van der Waals surface area contributed by atoms with Gasteiger partial charge in [-0.2, -0.15) is 0 Å². The van der Waals surface area contributed by atoms with Crippen molar-refractivity contribution in [3.8, 4) is 0 Å². The Morgan fingerprint density at radius 1 is 1.10 bits per heavy atom. The van der Waals surface area contributed by atoms with E-state index < -0.39 is 11.7 Å². The molecule has 0 saturated carbocycles. The highest BCUT2D eigenvalue weighted by molar-refractivity contribution is 6.33. The van der Waals surface area contributed by atoms with Gasteiger partial charge < -0.3 is 10.6 Å². The van der Waals surface area contributed by atoms with Crippen molar-refractivity contribution in [3.63, 3.8) is 0 Å². The summed E-state index contributed by atoms with van der Waals surface area (Å²) in [5, 5.41) is 5.52. The van der Waals surface area contributed by atoms with Crippen LogP contribution in [0.3, 0.4) is 0 Å². The molecule has 0 spiro atoms. The van der Waals surface area contributed by atoms with Gasteiger partial charge in [0.25, 0.3) is 5.91 Å². The highest BCUT2D eigenvalue weighted by atomic mass is 35.5. The predicted octanol–water partition coefficient (Wildman–Crippen LogP) is 3.69. The van der Waals surface area contributed by atoms with Gasteiger partial charge in [0.2, 0.25) is 5.91 Å². The van der Waals surface area contributed by atoms with Crippen molar-refractivity contribution in [2.75, 3.05) is 10.6 Å². The second-order valence-corrected chi connectivity index (χ2v) is 4.75. The molecule has 6 heteroatoms. The Morgan fingerprint density at radius 3 is 2.52 bits per heavy atom. The number of hydrogen-bond acceptors (Lipinski definition) is 2. The number of nitrogens with one attached hydrogen (secondary N) is 2. The molecule has 0 heterocycles. The summed E-state index contributed by atoms with van der Waals surface area (Å²) in [5.41, 5.74) is 1.03. The molecular weight excluding hydrogens is 295 g/mol. The van der Waals surface area contributed by atoms with Crippen molar-refractivity contribution in [2.45, 2.75) is 6.92 Å². The third-order valence-corrected chi connectivity index (χ3v) is 2.95. The minimum absolute atomic E-state index is 0.200.